The number of carbonyl (C=O) groups excluding carboxylic acids is 1. The summed E-state index contributed by atoms with van der Waals surface area (Å²) in [6, 6.07) is 0. The van der Waals surface area contributed by atoms with Gasteiger partial charge in [0.1, 0.15) is 0 Å². The zero-order valence-corrected chi connectivity index (χ0v) is 8.34. The molecule has 1 heterocycles. The first-order valence-electron chi connectivity index (χ1n) is 4.67. The number of amides is 1. The second-order valence-electron chi connectivity index (χ2n) is 3.94. The summed E-state index contributed by atoms with van der Waals surface area (Å²) in [5.41, 5.74) is -0.682. The van der Waals surface area contributed by atoms with Crippen LogP contribution in [-0.4, -0.2) is 48.2 Å². The lowest BCUT2D eigenvalue weighted by atomic mass is 9.91. The van der Waals surface area contributed by atoms with Crippen LogP contribution in [0.5, 0.6) is 0 Å². The molecule has 1 fully saturated rings. The number of nitrogens with one attached hydrogen (secondary N) is 1. The lowest BCUT2D eigenvalue weighted by Gasteiger charge is -2.36. The molecule has 4 nitrogen and oxygen atoms in total. The summed E-state index contributed by atoms with van der Waals surface area (Å²) in [6.45, 7) is 3.65. The largest absolute Gasteiger partial charge is 0.388 e. The number of nitrogens with zero attached hydrogens (tertiary/aromatic N) is 1. The summed E-state index contributed by atoms with van der Waals surface area (Å²) in [5, 5.41) is 12.7. The molecule has 1 aliphatic rings. The summed E-state index contributed by atoms with van der Waals surface area (Å²) in [5.74, 6) is -0.0765. The first kappa shape index (κ1) is 10.5. The van der Waals surface area contributed by atoms with E-state index in [2.05, 4.69) is 10.2 Å². The van der Waals surface area contributed by atoms with Crippen LogP contribution in [0.3, 0.4) is 0 Å². The van der Waals surface area contributed by atoms with Gasteiger partial charge < -0.3 is 15.3 Å². The molecule has 0 aromatic heterocycles. The van der Waals surface area contributed by atoms with Gasteiger partial charge in [0.05, 0.1) is 5.60 Å². The summed E-state index contributed by atoms with van der Waals surface area (Å²) in [7, 11) is 2.04. The van der Waals surface area contributed by atoms with Crippen molar-refractivity contribution in [2.45, 2.75) is 25.4 Å². The second-order valence-corrected chi connectivity index (χ2v) is 3.94. The number of piperidine rings is 1. The number of carbonyl (C=O) groups is 1. The Bertz CT molecular complexity index is 186. The Balaban J connectivity index is 2.34. The Morgan fingerprint density at radius 2 is 2.08 bits per heavy atom. The number of rotatable bonds is 2. The van der Waals surface area contributed by atoms with E-state index >= 15 is 0 Å². The summed E-state index contributed by atoms with van der Waals surface area (Å²) in [6.07, 6.45) is 1.48. The molecule has 0 aliphatic carbocycles. The molecular formula is C9H18N2O2. The molecule has 0 saturated carbocycles. The van der Waals surface area contributed by atoms with Gasteiger partial charge in [-0.3, -0.25) is 4.79 Å². The van der Waals surface area contributed by atoms with E-state index in [1.807, 2.05) is 7.05 Å². The maximum atomic E-state index is 10.7. The van der Waals surface area contributed by atoms with E-state index in [9.17, 15) is 9.90 Å². The molecule has 0 aromatic carbocycles. The third-order valence-electron chi connectivity index (χ3n) is 2.58. The van der Waals surface area contributed by atoms with Gasteiger partial charge in [-0.2, -0.15) is 0 Å². The molecule has 0 atom stereocenters. The molecule has 1 saturated heterocycles. The van der Waals surface area contributed by atoms with Crippen molar-refractivity contribution in [3.63, 3.8) is 0 Å². The average molecular weight is 186 g/mol. The zero-order valence-electron chi connectivity index (χ0n) is 8.34. The fourth-order valence-electron chi connectivity index (χ4n) is 1.50. The van der Waals surface area contributed by atoms with Crippen LogP contribution in [0.4, 0.5) is 0 Å². The fraction of sp³-hybridized carbons (Fsp3) is 0.889. The van der Waals surface area contributed by atoms with Crippen molar-refractivity contribution in [3.05, 3.63) is 0 Å². The molecule has 13 heavy (non-hydrogen) atoms. The minimum absolute atomic E-state index is 0.0765. The van der Waals surface area contributed by atoms with Crippen LogP contribution in [-0.2, 0) is 4.79 Å². The van der Waals surface area contributed by atoms with E-state index in [-0.39, 0.29) is 5.91 Å². The van der Waals surface area contributed by atoms with E-state index in [1.165, 1.54) is 6.92 Å². The third kappa shape index (κ3) is 3.32. The van der Waals surface area contributed by atoms with Crippen LogP contribution >= 0.6 is 0 Å². The Hall–Kier alpha value is -0.610. The molecule has 0 spiro atoms. The Labute approximate surface area is 78.9 Å². The molecule has 1 amide bonds. The van der Waals surface area contributed by atoms with Crippen LogP contribution in [0, 0.1) is 0 Å². The third-order valence-corrected chi connectivity index (χ3v) is 2.58. The van der Waals surface area contributed by atoms with Gasteiger partial charge in [0.25, 0.3) is 0 Å². The van der Waals surface area contributed by atoms with E-state index in [0.29, 0.717) is 6.54 Å². The minimum atomic E-state index is -0.682. The standard InChI is InChI=1S/C9H18N2O2/c1-8(12)10-7-9(13)3-5-11(2)6-4-9/h13H,3-7H2,1-2H3,(H,10,12). The highest BCUT2D eigenvalue weighted by Gasteiger charge is 2.30. The molecule has 4 heteroatoms. The normalized spacial score (nSPS) is 22.7. The van der Waals surface area contributed by atoms with Gasteiger partial charge in [-0.15, -0.1) is 0 Å². The molecule has 1 aliphatic heterocycles. The molecule has 2 N–H and O–H groups in total. The topological polar surface area (TPSA) is 52.6 Å². The van der Waals surface area contributed by atoms with Gasteiger partial charge in [0.2, 0.25) is 5.91 Å². The van der Waals surface area contributed by atoms with Crippen LogP contribution < -0.4 is 5.32 Å². The molecular weight excluding hydrogens is 168 g/mol. The van der Waals surface area contributed by atoms with Gasteiger partial charge >= 0.3 is 0 Å². The second kappa shape index (κ2) is 4.07. The SMILES string of the molecule is CC(=O)NCC1(O)CCN(C)CC1. The minimum Gasteiger partial charge on any atom is -0.388 e. The van der Waals surface area contributed by atoms with Crippen LogP contribution in [0.15, 0.2) is 0 Å². The Morgan fingerprint density at radius 3 is 2.54 bits per heavy atom. The molecule has 0 unspecified atom stereocenters. The van der Waals surface area contributed by atoms with Gasteiger partial charge in [-0.05, 0) is 19.9 Å². The molecule has 0 bridgehead atoms. The van der Waals surface area contributed by atoms with E-state index < -0.39 is 5.60 Å². The summed E-state index contributed by atoms with van der Waals surface area (Å²) in [4.78, 5) is 12.8. The van der Waals surface area contributed by atoms with Crippen molar-refractivity contribution in [2.75, 3.05) is 26.7 Å². The molecule has 76 valence electrons. The highest BCUT2D eigenvalue weighted by Crippen LogP contribution is 2.20. The van der Waals surface area contributed by atoms with E-state index in [0.717, 1.165) is 25.9 Å². The van der Waals surface area contributed by atoms with Gasteiger partial charge in [-0.25, -0.2) is 0 Å². The molecule has 0 radical (unpaired) electrons. The average Bonchev–Trinajstić information content (AvgIpc) is 2.08. The molecule has 0 aromatic rings. The number of likely N-dealkylation sites (tertiary alicyclic amines) is 1. The first-order valence-corrected chi connectivity index (χ1v) is 4.67. The van der Waals surface area contributed by atoms with Gasteiger partial charge in [0, 0.05) is 26.6 Å². The fourth-order valence-corrected chi connectivity index (χ4v) is 1.50. The number of aliphatic hydroxyl groups is 1. The monoisotopic (exact) mass is 186 g/mol. The van der Waals surface area contributed by atoms with Gasteiger partial charge in [-0.1, -0.05) is 0 Å². The zero-order chi connectivity index (χ0) is 9.90. The van der Waals surface area contributed by atoms with E-state index in [1.54, 1.807) is 0 Å². The van der Waals surface area contributed by atoms with Gasteiger partial charge in [0.15, 0.2) is 0 Å². The first-order chi connectivity index (χ1) is 6.02. The van der Waals surface area contributed by atoms with E-state index in [4.69, 9.17) is 0 Å². The molecule has 1 rings (SSSR count). The summed E-state index contributed by atoms with van der Waals surface area (Å²) < 4.78 is 0. The van der Waals surface area contributed by atoms with Crippen molar-refractivity contribution in [1.82, 2.24) is 10.2 Å². The van der Waals surface area contributed by atoms with Crippen molar-refractivity contribution in [3.8, 4) is 0 Å². The van der Waals surface area contributed by atoms with Crippen LogP contribution in [0.1, 0.15) is 19.8 Å². The Kier molecular flexibility index (Phi) is 3.27. The maximum Gasteiger partial charge on any atom is 0.216 e. The van der Waals surface area contributed by atoms with Crippen molar-refractivity contribution < 1.29 is 9.90 Å². The van der Waals surface area contributed by atoms with Crippen molar-refractivity contribution in [2.24, 2.45) is 0 Å². The predicted octanol–water partition coefficient (Wildman–Crippen LogP) is -0.421. The number of hydrogen-bond donors (Lipinski definition) is 2. The highest BCUT2D eigenvalue weighted by atomic mass is 16.3. The highest BCUT2D eigenvalue weighted by molar-refractivity contribution is 5.72. The summed E-state index contributed by atoms with van der Waals surface area (Å²) >= 11 is 0. The lowest BCUT2D eigenvalue weighted by Crippen LogP contribution is -2.49. The van der Waals surface area contributed by atoms with Crippen LogP contribution in [0.2, 0.25) is 0 Å². The van der Waals surface area contributed by atoms with Crippen molar-refractivity contribution >= 4 is 5.91 Å². The predicted molar refractivity (Wildman–Crippen MR) is 50.4 cm³/mol. The lowest BCUT2D eigenvalue weighted by molar-refractivity contribution is -0.120. The number of hydrogen-bond acceptors (Lipinski definition) is 3. The quantitative estimate of drug-likeness (QED) is 0.616. The Morgan fingerprint density at radius 1 is 1.54 bits per heavy atom. The maximum absolute atomic E-state index is 10.7. The van der Waals surface area contributed by atoms with Crippen molar-refractivity contribution in [1.29, 1.82) is 0 Å². The van der Waals surface area contributed by atoms with Crippen LogP contribution in [0.25, 0.3) is 0 Å². The smallest absolute Gasteiger partial charge is 0.216 e.